The van der Waals surface area contributed by atoms with Crippen molar-refractivity contribution in [1.29, 1.82) is 0 Å². The summed E-state index contributed by atoms with van der Waals surface area (Å²) in [6, 6.07) is 5.72. The lowest BCUT2D eigenvalue weighted by Gasteiger charge is -2.13. The predicted molar refractivity (Wildman–Crippen MR) is 95.0 cm³/mol. The molecule has 0 aliphatic rings. The minimum Gasteiger partial charge on any atom is -0.495 e. The molecule has 0 radical (unpaired) electrons. The molecule has 10 nitrogen and oxygen atoms in total. The molecule has 0 heterocycles. The Morgan fingerprint density at radius 2 is 1.50 bits per heavy atom. The van der Waals surface area contributed by atoms with E-state index in [0.29, 0.717) is 16.0 Å². The summed E-state index contributed by atoms with van der Waals surface area (Å²) in [7, 11) is 2.82. The molecule has 0 atom stereocenters. The Labute approximate surface area is 155 Å². The molecule has 0 bridgehead atoms. The summed E-state index contributed by atoms with van der Waals surface area (Å²) in [6.45, 7) is 0. The lowest BCUT2D eigenvalue weighted by Crippen LogP contribution is -2.13. The van der Waals surface area contributed by atoms with Crippen LogP contribution >= 0.6 is 15.9 Å². The molecular formula is C15H12BrN3O7. The molecule has 0 aliphatic carbocycles. The number of rotatable bonds is 6. The van der Waals surface area contributed by atoms with Crippen LogP contribution < -0.4 is 14.8 Å². The number of ether oxygens (including phenoxy) is 2. The van der Waals surface area contributed by atoms with E-state index >= 15 is 0 Å². The molecule has 0 unspecified atom stereocenters. The Hall–Kier alpha value is -3.21. The van der Waals surface area contributed by atoms with Crippen LogP contribution in [0.15, 0.2) is 34.8 Å². The number of nitro benzene ring substituents is 2. The molecule has 136 valence electrons. The van der Waals surface area contributed by atoms with E-state index in [1.54, 1.807) is 6.07 Å². The Morgan fingerprint density at radius 3 is 1.96 bits per heavy atom. The van der Waals surface area contributed by atoms with E-state index in [4.69, 9.17) is 9.47 Å². The monoisotopic (exact) mass is 425 g/mol. The third-order valence-electron chi connectivity index (χ3n) is 3.31. The van der Waals surface area contributed by atoms with Crippen LogP contribution in [0.2, 0.25) is 0 Å². The van der Waals surface area contributed by atoms with Crippen LogP contribution in [-0.4, -0.2) is 30.0 Å². The molecule has 11 heteroatoms. The largest absolute Gasteiger partial charge is 0.495 e. The van der Waals surface area contributed by atoms with Gasteiger partial charge in [0.05, 0.1) is 45.9 Å². The lowest BCUT2D eigenvalue weighted by molar-refractivity contribution is -0.394. The highest BCUT2D eigenvalue weighted by Crippen LogP contribution is 2.36. The van der Waals surface area contributed by atoms with Gasteiger partial charge in [0, 0.05) is 24.3 Å². The number of nitrogens with zero attached hydrogens (tertiary/aromatic N) is 2. The topological polar surface area (TPSA) is 134 Å². The molecule has 0 aromatic heterocycles. The lowest BCUT2D eigenvalue weighted by atomic mass is 10.1. The van der Waals surface area contributed by atoms with Crippen LogP contribution in [-0.2, 0) is 0 Å². The van der Waals surface area contributed by atoms with Crippen molar-refractivity contribution in [3.05, 3.63) is 60.6 Å². The molecule has 2 aromatic rings. The van der Waals surface area contributed by atoms with Crippen LogP contribution in [0.5, 0.6) is 11.5 Å². The molecule has 1 amide bonds. The number of benzene rings is 2. The molecule has 0 saturated carbocycles. The fraction of sp³-hybridized carbons (Fsp3) is 0.133. The van der Waals surface area contributed by atoms with Gasteiger partial charge < -0.3 is 14.8 Å². The van der Waals surface area contributed by atoms with Gasteiger partial charge in [0.1, 0.15) is 11.5 Å². The minimum absolute atomic E-state index is 0.228. The smallest absolute Gasteiger partial charge is 0.277 e. The summed E-state index contributed by atoms with van der Waals surface area (Å²) in [6.07, 6.45) is 0. The number of halogens is 1. The average Bonchev–Trinajstić information content (AvgIpc) is 2.62. The van der Waals surface area contributed by atoms with E-state index in [1.807, 2.05) is 0 Å². The Bertz CT molecular complexity index is 869. The predicted octanol–water partition coefficient (Wildman–Crippen LogP) is 3.54. The first-order valence-corrected chi connectivity index (χ1v) is 7.73. The number of amides is 1. The summed E-state index contributed by atoms with van der Waals surface area (Å²) in [5.74, 6) is -0.0726. The fourth-order valence-electron chi connectivity index (χ4n) is 2.09. The average molecular weight is 426 g/mol. The van der Waals surface area contributed by atoms with Gasteiger partial charge in [-0.3, -0.25) is 25.0 Å². The van der Waals surface area contributed by atoms with Crippen molar-refractivity contribution in [2.45, 2.75) is 0 Å². The van der Waals surface area contributed by atoms with Gasteiger partial charge in [-0.2, -0.15) is 0 Å². The third-order valence-corrected chi connectivity index (χ3v) is 3.93. The molecule has 26 heavy (non-hydrogen) atoms. The quantitative estimate of drug-likeness (QED) is 0.552. The van der Waals surface area contributed by atoms with Crippen molar-refractivity contribution in [3.8, 4) is 11.5 Å². The Morgan fingerprint density at radius 1 is 0.962 bits per heavy atom. The van der Waals surface area contributed by atoms with E-state index in [0.717, 1.165) is 18.2 Å². The molecule has 0 fully saturated rings. The highest BCUT2D eigenvalue weighted by atomic mass is 79.9. The highest BCUT2D eigenvalue weighted by Gasteiger charge is 2.21. The number of nitro groups is 2. The zero-order valence-corrected chi connectivity index (χ0v) is 15.1. The Balaban J connectivity index is 2.44. The first-order chi connectivity index (χ1) is 12.3. The van der Waals surface area contributed by atoms with Crippen molar-refractivity contribution in [3.63, 3.8) is 0 Å². The van der Waals surface area contributed by atoms with Gasteiger partial charge >= 0.3 is 0 Å². The first-order valence-electron chi connectivity index (χ1n) is 6.93. The summed E-state index contributed by atoms with van der Waals surface area (Å²) in [5, 5.41) is 24.4. The number of hydrogen-bond donors (Lipinski definition) is 1. The van der Waals surface area contributed by atoms with Crippen molar-refractivity contribution in [2.24, 2.45) is 0 Å². The second-order valence-electron chi connectivity index (χ2n) is 4.89. The molecule has 0 aliphatic heterocycles. The fourth-order valence-corrected chi connectivity index (χ4v) is 2.57. The molecule has 0 saturated heterocycles. The second-order valence-corrected chi connectivity index (χ2v) is 5.75. The number of nitrogens with one attached hydrogen (secondary N) is 1. The summed E-state index contributed by atoms with van der Waals surface area (Å²) in [4.78, 5) is 32.7. The summed E-state index contributed by atoms with van der Waals surface area (Å²) < 4.78 is 10.9. The number of anilines is 1. The van der Waals surface area contributed by atoms with Gasteiger partial charge in [-0.25, -0.2) is 0 Å². The number of hydrogen-bond acceptors (Lipinski definition) is 7. The number of carbonyl (C=O) groups excluding carboxylic acids is 1. The number of non-ortho nitro benzene ring substituents is 2. The van der Waals surface area contributed by atoms with E-state index in [9.17, 15) is 25.0 Å². The van der Waals surface area contributed by atoms with Crippen LogP contribution in [0.25, 0.3) is 0 Å². The maximum atomic E-state index is 12.5. The van der Waals surface area contributed by atoms with E-state index < -0.39 is 27.1 Å². The van der Waals surface area contributed by atoms with E-state index in [1.165, 1.54) is 20.3 Å². The second kappa shape index (κ2) is 7.78. The zero-order chi connectivity index (χ0) is 19.4. The zero-order valence-electron chi connectivity index (χ0n) is 13.5. The SMILES string of the molecule is COc1cc(NC(=O)c2cc([N+](=O)[O-])cc([N+](=O)[O-])c2)c(OC)cc1Br. The molecule has 0 spiro atoms. The standard InChI is InChI=1S/C15H12BrN3O7/c1-25-13-7-12(14(26-2)6-11(13)16)17-15(20)8-3-9(18(21)22)5-10(4-8)19(23)24/h3-7H,1-2H3,(H,17,20). The van der Waals surface area contributed by atoms with E-state index in [2.05, 4.69) is 21.2 Å². The van der Waals surface area contributed by atoms with Crippen molar-refractivity contribution >= 4 is 38.9 Å². The molecule has 1 N–H and O–H groups in total. The van der Waals surface area contributed by atoms with Gasteiger partial charge in [0.2, 0.25) is 0 Å². The van der Waals surface area contributed by atoms with Gasteiger partial charge in [0.15, 0.2) is 0 Å². The number of methoxy groups -OCH3 is 2. The normalized spacial score (nSPS) is 10.1. The van der Waals surface area contributed by atoms with Crippen molar-refractivity contribution < 1.29 is 24.1 Å². The van der Waals surface area contributed by atoms with E-state index in [-0.39, 0.29) is 11.3 Å². The van der Waals surface area contributed by atoms with Crippen molar-refractivity contribution in [1.82, 2.24) is 0 Å². The van der Waals surface area contributed by atoms with Crippen LogP contribution in [0, 0.1) is 20.2 Å². The van der Waals surface area contributed by atoms with Crippen LogP contribution in [0.3, 0.4) is 0 Å². The third kappa shape index (κ3) is 4.06. The maximum Gasteiger partial charge on any atom is 0.277 e. The minimum atomic E-state index is -0.812. The van der Waals surface area contributed by atoms with Gasteiger partial charge in [-0.1, -0.05) is 0 Å². The molecule has 2 rings (SSSR count). The maximum absolute atomic E-state index is 12.5. The van der Waals surface area contributed by atoms with Crippen molar-refractivity contribution in [2.75, 3.05) is 19.5 Å². The molecule has 2 aromatic carbocycles. The number of carbonyl (C=O) groups is 1. The van der Waals surface area contributed by atoms with Gasteiger partial charge in [0.25, 0.3) is 17.3 Å². The molecular weight excluding hydrogens is 414 g/mol. The highest BCUT2D eigenvalue weighted by molar-refractivity contribution is 9.10. The summed E-state index contributed by atoms with van der Waals surface area (Å²) >= 11 is 3.28. The summed E-state index contributed by atoms with van der Waals surface area (Å²) in [5.41, 5.74) is -1.14. The van der Waals surface area contributed by atoms with Gasteiger partial charge in [-0.15, -0.1) is 0 Å². The van der Waals surface area contributed by atoms with Crippen LogP contribution in [0.4, 0.5) is 17.1 Å². The first kappa shape index (κ1) is 19.1. The Kier molecular flexibility index (Phi) is 5.72. The van der Waals surface area contributed by atoms with Crippen LogP contribution in [0.1, 0.15) is 10.4 Å². The van der Waals surface area contributed by atoms with Gasteiger partial charge in [-0.05, 0) is 15.9 Å².